The van der Waals surface area contributed by atoms with Crippen molar-refractivity contribution in [3.63, 3.8) is 0 Å². The van der Waals surface area contributed by atoms with Crippen molar-refractivity contribution in [2.24, 2.45) is 5.73 Å². The molecule has 0 unspecified atom stereocenters. The Morgan fingerprint density at radius 3 is 2.62 bits per heavy atom. The Balaban J connectivity index is 1.75. The molecule has 2 rings (SSSR count). The molecule has 1 fully saturated rings. The third-order valence-corrected chi connectivity index (χ3v) is 3.51. The molecular formula is C16H24N2O3. The van der Waals surface area contributed by atoms with Gasteiger partial charge in [0.1, 0.15) is 12.4 Å². The van der Waals surface area contributed by atoms with Gasteiger partial charge in [0.15, 0.2) is 0 Å². The van der Waals surface area contributed by atoms with E-state index in [4.69, 9.17) is 15.2 Å². The number of carbonyl (C=O) groups excluding carboxylic acids is 1. The minimum atomic E-state index is -0.156. The number of benzene rings is 1. The topological polar surface area (TPSA) is 64.8 Å². The molecule has 0 radical (unpaired) electrons. The quantitative estimate of drug-likeness (QED) is 0.700. The van der Waals surface area contributed by atoms with Crippen LogP contribution in [0.25, 0.3) is 0 Å². The fraction of sp³-hybridized carbons (Fsp3) is 0.562. The molecule has 1 aromatic rings. The van der Waals surface area contributed by atoms with Crippen LogP contribution in [0.2, 0.25) is 0 Å². The van der Waals surface area contributed by atoms with Crippen LogP contribution in [0.4, 0.5) is 0 Å². The van der Waals surface area contributed by atoms with Crippen LogP contribution in [0.1, 0.15) is 25.3 Å². The van der Waals surface area contributed by atoms with Crippen molar-refractivity contribution in [1.82, 2.24) is 4.90 Å². The highest BCUT2D eigenvalue weighted by molar-refractivity contribution is 5.71. The smallest absolute Gasteiger partial charge is 0.320 e. The summed E-state index contributed by atoms with van der Waals surface area (Å²) in [6.07, 6.45) is 2.31. The number of nitrogens with zero attached hydrogens (tertiary/aromatic N) is 1. The number of carbonyl (C=O) groups is 1. The standard InChI is InChI=1S/C16H24N2O3/c1-2-20-16(19)12-18(14-5-6-14)9-10-21-15-7-3-13(11-17)4-8-15/h3-4,7-8,14H,2,5-6,9-12,17H2,1H3. The van der Waals surface area contributed by atoms with Gasteiger partial charge in [-0.1, -0.05) is 12.1 Å². The minimum Gasteiger partial charge on any atom is -0.492 e. The highest BCUT2D eigenvalue weighted by atomic mass is 16.5. The fourth-order valence-electron chi connectivity index (χ4n) is 2.21. The molecule has 0 aromatic heterocycles. The van der Waals surface area contributed by atoms with Gasteiger partial charge in [-0.05, 0) is 37.5 Å². The fourth-order valence-corrected chi connectivity index (χ4v) is 2.21. The summed E-state index contributed by atoms with van der Waals surface area (Å²) < 4.78 is 10.7. The molecule has 1 aliphatic rings. The van der Waals surface area contributed by atoms with E-state index >= 15 is 0 Å². The van der Waals surface area contributed by atoms with Gasteiger partial charge in [0, 0.05) is 19.1 Å². The Kier molecular flexibility index (Phi) is 6.02. The molecular weight excluding hydrogens is 268 g/mol. The van der Waals surface area contributed by atoms with Crippen LogP contribution >= 0.6 is 0 Å². The van der Waals surface area contributed by atoms with Crippen LogP contribution in [0.15, 0.2) is 24.3 Å². The molecule has 0 aliphatic heterocycles. The first kappa shape index (κ1) is 15.8. The highest BCUT2D eigenvalue weighted by Crippen LogP contribution is 2.26. The van der Waals surface area contributed by atoms with Gasteiger partial charge in [-0.2, -0.15) is 0 Å². The van der Waals surface area contributed by atoms with Crippen molar-refractivity contribution < 1.29 is 14.3 Å². The number of ether oxygens (including phenoxy) is 2. The number of hydrogen-bond acceptors (Lipinski definition) is 5. The minimum absolute atomic E-state index is 0.156. The van der Waals surface area contributed by atoms with Gasteiger partial charge in [0.05, 0.1) is 13.2 Å². The maximum atomic E-state index is 11.6. The molecule has 21 heavy (non-hydrogen) atoms. The van der Waals surface area contributed by atoms with Crippen LogP contribution in [-0.4, -0.2) is 43.2 Å². The molecule has 1 saturated carbocycles. The highest BCUT2D eigenvalue weighted by Gasteiger charge is 2.30. The summed E-state index contributed by atoms with van der Waals surface area (Å²) in [6.45, 7) is 4.46. The van der Waals surface area contributed by atoms with Crippen molar-refractivity contribution in [2.45, 2.75) is 32.4 Å². The molecule has 5 heteroatoms. The number of rotatable bonds is 9. The molecule has 1 aliphatic carbocycles. The summed E-state index contributed by atoms with van der Waals surface area (Å²) in [5, 5.41) is 0. The number of hydrogen-bond donors (Lipinski definition) is 1. The molecule has 0 atom stereocenters. The first-order chi connectivity index (χ1) is 10.2. The van der Waals surface area contributed by atoms with E-state index in [0.29, 0.717) is 32.3 Å². The monoisotopic (exact) mass is 292 g/mol. The van der Waals surface area contributed by atoms with E-state index in [2.05, 4.69) is 4.90 Å². The molecule has 5 nitrogen and oxygen atoms in total. The van der Waals surface area contributed by atoms with E-state index in [1.165, 1.54) is 0 Å². The molecule has 0 saturated heterocycles. The van der Waals surface area contributed by atoms with E-state index in [0.717, 1.165) is 30.7 Å². The van der Waals surface area contributed by atoms with Gasteiger partial charge >= 0.3 is 5.97 Å². The molecule has 2 N–H and O–H groups in total. The number of esters is 1. The van der Waals surface area contributed by atoms with E-state index in [1.54, 1.807) is 0 Å². The summed E-state index contributed by atoms with van der Waals surface area (Å²) in [5.41, 5.74) is 6.65. The normalized spacial score (nSPS) is 14.2. The third kappa shape index (κ3) is 5.36. The second kappa shape index (κ2) is 8.00. The Bertz CT molecular complexity index is 443. The van der Waals surface area contributed by atoms with Gasteiger partial charge in [0.25, 0.3) is 0 Å². The predicted octanol–water partition coefficient (Wildman–Crippen LogP) is 1.55. The van der Waals surface area contributed by atoms with Crippen molar-refractivity contribution >= 4 is 5.97 Å². The second-order valence-electron chi connectivity index (χ2n) is 5.20. The summed E-state index contributed by atoms with van der Waals surface area (Å²) in [7, 11) is 0. The lowest BCUT2D eigenvalue weighted by Crippen LogP contribution is -2.36. The van der Waals surface area contributed by atoms with Crippen molar-refractivity contribution in [3.8, 4) is 5.75 Å². The average Bonchev–Trinajstić information content (AvgIpc) is 3.32. The maximum Gasteiger partial charge on any atom is 0.320 e. The van der Waals surface area contributed by atoms with Crippen molar-refractivity contribution in [1.29, 1.82) is 0 Å². The van der Waals surface area contributed by atoms with E-state index in [-0.39, 0.29) is 5.97 Å². The summed E-state index contributed by atoms with van der Waals surface area (Å²) >= 11 is 0. The van der Waals surface area contributed by atoms with Gasteiger partial charge in [0.2, 0.25) is 0 Å². The largest absolute Gasteiger partial charge is 0.492 e. The van der Waals surface area contributed by atoms with E-state index in [9.17, 15) is 4.79 Å². The zero-order chi connectivity index (χ0) is 15.1. The van der Waals surface area contributed by atoms with Gasteiger partial charge in [-0.15, -0.1) is 0 Å². The summed E-state index contributed by atoms with van der Waals surface area (Å²) in [5.74, 6) is 0.677. The molecule has 0 spiro atoms. The zero-order valence-corrected chi connectivity index (χ0v) is 12.6. The number of nitrogens with two attached hydrogens (primary N) is 1. The van der Waals surface area contributed by atoms with Crippen LogP contribution in [0.5, 0.6) is 5.75 Å². The van der Waals surface area contributed by atoms with Crippen LogP contribution in [0.3, 0.4) is 0 Å². The Morgan fingerprint density at radius 1 is 1.33 bits per heavy atom. The first-order valence-electron chi connectivity index (χ1n) is 7.54. The Morgan fingerprint density at radius 2 is 2.05 bits per heavy atom. The maximum absolute atomic E-state index is 11.6. The lowest BCUT2D eigenvalue weighted by Gasteiger charge is -2.20. The van der Waals surface area contributed by atoms with Crippen molar-refractivity contribution in [3.05, 3.63) is 29.8 Å². The van der Waals surface area contributed by atoms with Crippen LogP contribution < -0.4 is 10.5 Å². The summed E-state index contributed by atoms with van der Waals surface area (Å²) in [4.78, 5) is 13.7. The molecule has 1 aromatic carbocycles. The molecule has 116 valence electrons. The third-order valence-electron chi connectivity index (χ3n) is 3.51. The van der Waals surface area contributed by atoms with Gasteiger partial charge in [-0.3, -0.25) is 9.69 Å². The predicted molar refractivity (Wildman–Crippen MR) is 81.1 cm³/mol. The van der Waals surface area contributed by atoms with E-state index in [1.807, 2.05) is 31.2 Å². The average molecular weight is 292 g/mol. The summed E-state index contributed by atoms with van der Waals surface area (Å²) in [6, 6.07) is 8.29. The lowest BCUT2D eigenvalue weighted by molar-refractivity contribution is -0.144. The Labute approximate surface area is 126 Å². The zero-order valence-electron chi connectivity index (χ0n) is 12.6. The second-order valence-corrected chi connectivity index (χ2v) is 5.20. The van der Waals surface area contributed by atoms with E-state index < -0.39 is 0 Å². The van der Waals surface area contributed by atoms with Crippen molar-refractivity contribution in [2.75, 3.05) is 26.3 Å². The molecule has 0 heterocycles. The lowest BCUT2D eigenvalue weighted by atomic mass is 10.2. The van der Waals surface area contributed by atoms with Gasteiger partial charge < -0.3 is 15.2 Å². The van der Waals surface area contributed by atoms with Crippen LogP contribution in [0, 0.1) is 0 Å². The molecule has 0 amide bonds. The van der Waals surface area contributed by atoms with Crippen LogP contribution in [-0.2, 0) is 16.1 Å². The Hall–Kier alpha value is -1.59. The van der Waals surface area contributed by atoms with Gasteiger partial charge in [-0.25, -0.2) is 0 Å². The first-order valence-corrected chi connectivity index (χ1v) is 7.54. The molecule has 0 bridgehead atoms. The SMILES string of the molecule is CCOC(=O)CN(CCOc1ccc(CN)cc1)C1CC1.